The van der Waals surface area contributed by atoms with Crippen LogP contribution in [0.3, 0.4) is 0 Å². The normalized spacial score (nSPS) is 10.2. The number of nitro groups is 1. The van der Waals surface area contributed by atoms with Gasteiger partial charge < -0.3 is 10.1 Å². The van der Waals surface area contributed by atoms with E-state index in [0.717, 1.165) is 16.2 Å². The van der Waals surface area contributed by atoms with Gasteiger partial charge in [-0.15, -0.1) is 11.8 Å². The number of nitrogens with one attached hydrogen (secondary N) is 1. The highest BCUT2D eigenvalue weighted by Gasteiger charge is 2.13. The molecule has 1 N–H and O–H groups in total. The highest BCUT2D eigenvalue weighted by Crippen LogP contribution is 2.29. The van der Waals surface area contributed by atoms with Crippen molar-refractivity contribution >= 4 is 23.1 Å². The minimum atomic E-state index is -0.368. The molecule has 0 atom stereocenters. The molecule has 6 heteroatoms. The molecule has 0 aliphatic rings. The molecule has 0 bridgehead atoms. The second-order valence-corrected chi connectivity index (χ2v) is 5.37. The second kappa shape index (κ2) is 6.99. The lowest BCUT2D eigenvalue weighted by atomic mass is 10.2. The van der Waals surface area contributed by atoms with E-state index in [4.69, 9.17) is 4.74 Å². The van der Waals surface area contributed by atoms with Gasteiger partial charge in [0.15, 0.2) is 0 Å². The Balaban J connectivity index is 2.08. The predicted octanol–water partition coefficient (Wildman–Crippen LogP) is 3.94. The standard InChI is InChI=1S/C15H16N2O3S/c1-16-14-8-3-11(9-15(14)17(18)19)10-21-13-6-4-12(20-2)5-7-13/h3-9,16H,10H2,1-2H3. The van der Waals surface area contributed by atoms with Gasteiger partial charge in [0.05, 0.1) is 12.0 Å². The van der Waals surface area contributed by atoms with Gasteiger partial charge in [0.2, 0.25) is 0 Å². The third-order valence-electron chi connectivity index (χ3n) is 2.99. The molecule has 21 heavy (non-hydrogen) atoms. The highest BCUT2D eigenvalue weighted by atomic mass is 32.2. The molecule has 0 aromatic heterocycles. The molecule has 0 aliphatic carbocycles. The molecule has 2 aromatic carbocycles. The van der Waals surface area contributed by atoms with Gasteiger partial charge in [-0.25, -0.2) is 0 Å². The monoisotopic (exact) mass is 304 g/mol. The molecule has 0 radical (unpaired) electrons. The summed E-state index contributed by atoms with van der Waals surface area (Å²) in [6, 6.07) is 13.0. The van der Waals surface area contributed by atoms with Gasteiger partial charge in [-0.3, -0.25) is 10.1 Å². The Labute approximate surface area is 127 Å². The predicted molar refractivity (Wildman–Crippen MR) is 85.2 cm³/mol. The Kier molecular flexibility index (Phi) is 5.05. The molecule has 110 valence electrons. The van der Waals surface area contributed by atoms with Gasteiger partial charge in [-0.2, -0.15) is 0 Å². The van der Waals surface area contributed by atoms with Gasteiger partial charge in [0.25, 0.3) is 5.69 Å². The molecule has 2 aromatic rings. The molecular formula is C15H16N2O3S. The number of benzene rings is 2. The van der Waals surface area contributed by atoms with Crippen molar-refractivity contribution in [2.75, 3.05) is 19.5 Å². The lowest BCUT2D eigenvalue weighted by Gasteiger charge is -2.06. The van der Waals surface area contributed by atoms with E-state index in [2.05, 4.69) is 5.32 Å². The molecule has 0 spiro atoms. The van der Waals surface area contributed by atoms with E-state index in [1.54, 1.807) is 38.1 Å². The number of nitro benzene ring substituents is 1. The van der Waals surface area contributed by atoms with E-state index in [9.17, 15) is 10.1 Å². The van der Waals surface area contributed by atoms with E-state index in [-0.39, 0.29) is 10.6 Å². The summed E-state index contributed by atoms with van der Waals surface area (Å²) in [7, 11) is 3.30. The number of anilines is 1. The van der Waals surface area contributed by atoms with Crippen LogP contribution < -0.4 is 10.1 Å². The molecule has 5 nitrogen and oxygen atoms in total. The maximum Gasteiger partial charge on any atom is 0.292 e. The Bertz CT molecular complexity index is 629. The number of thioether (sulfide) groups is 1. The van der Waals surface area contributed by atoms with Gasteiger partial charge in [-0.05, 0) is 35.9 Å². The number of rotatable bonds is 6. The Hall–Kier alpha value is -2.21. The van der Waals surface area contributed by atoms with E-state index < -0.39 is 0 Å². The Morgan fingerprint density at radius 2 is 1.95 bits per heavy atom. The summed E-state index contributed by atoms with van der Waals surface area (Å²) in [6.07, 6.45) is 0. The van der Waals surface area contributed by atoms with Crippen molar-refractivity contribution in [3.63, 3.8) is 0 Å². The molecule has 2 rings (SSSR count). The fraction of sp³-hybridized carbons (Fsp3) is 0.200. The third-order valence-corrected chi connectivity index (χ3v) is 4.08. The SMILES string of the molecule is CNc1ccc(CSc2ccc(OC)cc2)cc1[N+](=O)[O-]. The van der Waals surface area contributed by atoms with Gasteiger partial charge in [0.1, 0.15) is 11.4 Å². The molecule has 0 amide bonds. The van der Waals surface area contributed by atoms with E-state index in [0.29, 0.717) is 11.4 Å². The van der Waals surface area contributed by atoms with E-state index >= 15 is 0 Å². The molecule has 0 saturated carbocycles. The first-order valence-electron chi connectivity index (χ1n) is 6.36. The highest BCUT2D eigenvalue weighted by molar-refractivity contribution is 7.98. The van der Waals surface area contributed by atoms with Crippen LogP contribution in [0, 0.1) is 10.1 Å². The van der Waals surface area contributed by atoms with Crippen LogP contribution >= 0.6 is 11.8 Å². The number of ether oxygens (including phenoxy) is 1. The summed E-state index contributed by atoms with van der Waals surface area (Å²) in [4.78, 5) is 11.7. The zero-order valence-electron chi connectivity index (χ0n) is 11.8. The lowest BCUT2D eigenvalue weighted by Crippen LogP contribution is -1.97. The average molecular weight is 304 g/mol. The van der Waals surface area contributed by atoms with Crippen LogP contribution in [0.4, 0.5) is 11.4 Å². The molecule has 0 saturated heterocycles. The number of nitrogens with zero attached hydrogens (tertiary/aromatic N) is 1. The van der Waals surface area contributed by atoms with Gasteiger partial charge >= 0.3 is 0 Å². The second-order valence-electron chi connectivity index (χ2n) is 4.32. The Morgan fingerprint density at radius 3 is 2.52 bits per heavy atom. The van der Waals surface area contributed by atoms with Gasteiger partial charge in [0, 0.05) is 23.8 Å². The molecule has 0 heterocycles. The zero-order valence-corrected chi connectivity index (χ0v) is 12.6. The van der Waals surface area contributed by atoms with Gasteiger partial charge in [-0.1, -0.05) is 6.07 Å². The van der Waals surface area contributed by atoms with Crippen LogP contribution in [0.25, 0.3) is 0 Å². The largest absolute Gasteiger partial charge is 0.497 e. The first-order valence-corrected chi connectivity index (χ1v) is 7.34. The maximum atomic E-state index is 11.0. The minimum absolute atomic E-state index is 0.102. The van der Waals surface area contributed by atoms with Crippen LogP contribution in [0.1, 0.15) is 5.56 Å². The maximum absolute atomic E-state index is 11.0. The van der Waals surface area contributed by atoms with E-state index in [1.165, 1.54) is 0 Å². The van der Waals surface area contributed by atoms with Crippen LogP contribution in [0.5, 0.6) is 5.75 Å². The quantitative estimate of drug-likeness (QED) is 0.497. The average Bonchev–Trinajstić information content (AvgIpc) is 2.53. The topological polar surface area (TPSA) is 64.4 Å². The lowest BCUT2D eigenvalue weighted by molar-refractivity contribution is -0.384. The first-order chi connectivity index (χ1) is 10.1. The number of hydrogen-bond acceptors (Lipinski definition) is 5. The fourth-order valence-electron chi connectivity index (χ4n) is 1.87. The molecule has 0 aliphatic heterocycles. The summed E-state index contributed by atoms with van der Waals surface area (Å²) in [5.41, 5.74) is 1.55. The van der Waals surface area contributed by atoms with Crippen LogP contribution in [0.15, 0.2) is 47.4 Å². The van der Waals surface area contributed by atoms with E-state index in [1.807, 2.05) is 30.3 Å². The molecular weight excluding hydrogens is 288 g/mol. The zero-order chi connectivity index (χ0) is 15.2. The molecule has 0 fully saturated rings. The van der Waals surface area contributed by atoms with Crippen molar-refractivity contribution in [3.05, 3.63) is 58.1 Å². The summed E-state index contributed by atoms with van der Waals surface area (Å²) < 4.78 is 5.11. The Morgan fingerprint density at radius 1 is 1.24 bits per heavy atom. The van der Waals surface area contributed by atoms with Crippen molar-refractivity contribution in [1.29, 1.82) is 0 Å². The first kappa shape index (κ1) is 15.2. The number of hydrogen-bond donors (Lipinski definition) is 1. The minimum Gasteiger partial charge on any atom is -0.497 e. The van der Waals surface area contributed by atoms with Crippen LogP contribution in [-0.4, -0.2) is 19.1 Å². The van der Waals surface area contributed by atoms with Crippen molar-refractivity contribution < 1.29 is 9.66 Å². The summed E-state index contributed by atoms with van der Waals surface area (Å²) in [6.45, 7) is 0. The van der Waals surface area contributed by atoms with Crippen molar-refractivity contribution in [3.8, 4) is 5.75 Å². The summed E-state index contributed by atoms with van der Waals surface area (Å²) in [5.74, 6) is 1.49. The number of methoxy groups -OCH3 is 1. The molecule has 0 unspecified atom stereocenters. The van der Waals surface area contributed by atoms with Crippen molar-refractivity contribution in [2.24, 2.45) is 0 Å². The fourth-order valence-corrected chi connectivity index (χ4v) is 2.71. The smallest absolute Gasteiger partial charge is 0.292 e. The van der Waals surface area contributed by atoms with Crippen molar-refractivity contribution in [2.45, 2.75) is 10.6 Å². The summed E-state index contributed by atoms with van der Waals surface area (Å²) >= 11 is 1.63. The van der Waals surface area contributed by atoms with Crippen LogP contribution in [-0.2, 0) is 5.75 Å². The summed E-state index contributed by atoms with van der Waals surface area (Å²) in [5, 5.41) is 13.9. The van der Waals surface area contributed by atoms with Crippen molar-refractivity contribution in [1.82, 2.24) is 0 Å². The van der Waals surface area contributed by atoms with Crippen LogP contribution in [0.2, 0.25) is 0 Å². The third kappa shape index (κ3) is 3.88.